The highest BCUT2D eigenvalue weighted by molar-refractivity contribution is 5.96. The van der Waals surface area contributed by atoms with Crippen LogP contribution in [-0.2, 0) is 11.2 Å². The molecule has 1 aliphatic heterocycles. The lowest BCUT2D eigenvalue weighted by Gasteiger charge is -2.20. The number of hydrogen-bond acceptors (Lipinski definition) is 4. The zero-order chi connectivity index (χ0) is 25.2. The molecule has 1 aliphatic rings. The SMILES string of the molecule is O=C(CCCC(=O)c1ccc(O)cc1)N=CC(Cc1ccc(-c2ccccc2)cc1)CN1CCCC1. The molecule has 1 amide bonds. The van der Waals surface area contributed by atoms with Crippen LogP contribution in [0.5, 0.6) is 5.75 Å². The van der Waals surface area contributed by atoms with E-state index < -0.39 is 0 Å². The van der Waals surface area contributed by atoms with Gasteiger partial charge in [-0.2, -0.15) is 0 Å². The number of aliphatic imine (C=N–C) groups is 1. The van der Waals surface area contributed by atoms with Gasteiger partial charge in [-0.1, -0.05) is 54.6 Å². The molecule has 1 fully saturated rings. The van der Waals surface area contributed by atoms with Crippen LogP contribution >= 0.6 is 0 Å². The van der Waals surface area contributed by atoms with E-state index >= 15 is 0 Å². The standard InChI is InChI=1S/C31H34N2O3/c34-29-17-15-28(16-18-29)30(35)9-6-10-31(36)32-22-25(23-33-19-4-5-20-33)21-24-11-13-27(14-12-24)26-7-2-1-3-8-26/h1-3,7-8,11-18,22,25,34H,4-6,9-10,19-21,23H2. The zero-order valence-corrected chi connectivity index (χ0v) is 20.7. The number of Topliss-reactive ketones (excluding diaryl/α,β-unsaturated/α-hetero) is 1. The molecular formula is C31H34N2O3. The summed E-state index contributed by atoms with van der Waals surface area (Å²) in [6.07, 6.45) is 6.12. The van der Waals surface area contributed by atoms with Crippen molar-refractivity contribution in [2.24, 2.45) is 10.9 Å². The van der Waals surface area contributed by atoms with Crippen molar-refractivity contribution in [3.63, 3.8) is 0 Å². The summed E-state index contributed by atoms with van der Waals surface area (Å²) in [5, 5.41) is 9.36. The Morgan fingerprint density at radius 3 is 2.22 bits per heavy atom. The van der Waals surface area contributed by atoms with E-state index in [1.54, 1.807) is 12.1 Å². The maximum atomic E-state index is 12.4. The zero-order valence-electron chi connectivity index (χ0n) is 20.7. The first-order chi connectivity index (χ1) is 17.6. The number of amides is 1. The van der Waals surface area contributed by atoms with Gasteiger partial charge in [-0.25, -0.2) is 4.99 Å². The molecule has 1 atom stereocenters. The van der Waals surface area contributed by atoms with Crippen LogP contribution < -0.4 is 0 Å². The Labute approximate surface area is 213 Å². The van der Waals surface area contributed by atoms with E-state index in [1.807, 2.05) is 24.4 Å². The maximum Gasteiger partial charge on any atom is 0.245 e. The minimum absolute atomic E-state index is 0.0300. The van der Waals surface area contributed by atoms with Gasteiger partial charge in [-0.15, -0.1) is 0 Å². The molecule has 0 spiro atoms. The highest BCUT2D eigenvalue weighted by Gasteiger charge is 2.17. The van der Waals surface area contributed by atoms with Crippen LogP contribution in [-0.4, -0.2) is 47.5 Å². The molecule has 3 aromatic rings. The summed E-state index contributed by atoms with van der Waals surface area (Å²) in [6, 6.07) is 25.2. The maximum absolute atomic E-state index is 12.4. The molecule has 1 heterocycles. The molecule has 4 rings (SSSR count). The molecule has 0 radical (unpaired) electrons. The van der Waals surface area contributed by atoms with Crippen molar-refractivity contribution in [3.05, 3.63) is 90.0 Å². The minimum Gasteiger partial charge on any atom is -0.508 e. The van der Waals surface area contributed by atoms with Gasteiger partial charge in [-0.05, 0) is 79.7 Å². The van der Waals surface area contributed by atoms with E-state index in [4.69, 9.17) is 0 Å². The number of carbonyl (C=O) groups excluding carboxylic acids is 2. The van der Waals surface area contributed by atoms with Crippen LogP contribution in [0.4, 0.5) is 0 Å². The van der Waals surface area contributed by atoms with Crippen LogP contribution in [0, 0.1) is 5.92 Å². The summed E-state index contributed by atoms with van der Waals surface area (Å²) in [5.41, 5.74) is 4.18. The van der Waals surface area contributed by atoms with Gasteiger partial charge in [0.15, 0.2) is 5.78 Å². The van der Waals surface area contributed by atoms with E-state index in [-0.39, 0.29) is 36.2 Å². The smallest absolute Gasteiger partial charge is 0.245 e. The van der Waals surface area contributed by atoms with E-state index in [1.165, 1.54) is 41.7 Å². The van der Waals surface area contributed by atoms with Crippen molar-refractivity contribution >= 4 is 17.9 Å². The number of ketones is 1. The van der Waals surface area contributed by atoms with E-state index in [2.05, 4.69) is 46.3 Å². The van der Waals surface area contributed by atoms with Crippen LogP contribution in [0.25, 0.3) is 11.1 Å². The molecule has 1 unspecified atom stereocenters. The monoisotopic (exact) mass is 482 g/mol. The number of phenols is 1. The Bertz CT molecular complexity index is 1150. The quantitative estimate of drug-likeness (QED) is 0.270. The van der Waals surface area contributed by atoms with Crippen LogP contribution in [0.3, 0.4) is 0 Å². The Morgan fingerprint density at radius 2 is 1.53 bits per heavy atom. The number of aromatic hydroxyl groups is 1. The Hall–Kier alpha value is -3.57. The average molecular weight is 483 g/mol. The largest absolute Gasteiger partial charge is 0.508 e. The first-order valence-electron chi connectivity index (χ1n) is 12.8. The number of benzene rings is 3. The normalized spacial score (nSPS) is 14.8. The molecule has 5 nitrogen and oxygen atoms in total. The summed E-state index contributed by atoms with van der Waals surface area (Å²) in [7, 11) is 0. The summed E-state index contributed by atoms with van der Waals surface area (Å²) in [4.78, 5) is 31.5. The average Bonchev–Trinajstić information content (AvgIpc) is 3.42. The molecule has 186 valence electrons. The van der Waals surface area contributed by atoms with Crippen molar-refractivity contribution in [1.29, 1.82) is 0 Å². The fourth-order valence-corrected chi connectivity index (χ4v) is 4.67. The predicted molar refractivity (Wildman–Crippen MR) is 145 cm³/mol. The van der Waals surface area contributed by atoms with Crippen molar-refractivity contribution < 1.29 is 14.7 Å². The Kier molecular flexibility index (Phi) is 9.17. The molecule has 0 aromatic heterocycles. The fraction of sp³-hybridized carbons (Fsp3) is 0.323. The minimum atomic E-state index is -0.181. The molecule has 0 bridgehead atoms. The number of rotatable bonds is 11. The van der Waals surface area contributed by atoms with E-state index in [0.29, 0.717) is 12.0 Å². The van der Waals surface area contributed by atoms with Gasteiger partial charge in [0.25, 0.3) is 0 Å². The second kappa shape index (κ2) is 12.9. The topological polar surface area (TPSA) is 70.0 Å². The molecule has 0 saturated carbocycles. The van der Waals surface area contributed by atoms with Crippen molar-refractivity contribution in [3.8, 4) is 16.9 Å². The fourth-order valence-electron chi connectivity index (χ4n) is 4.67. The third-order valence-corrected chi connectivity index (χ3v) is 6.66. The van der Waals surface area contributed by atoms with E-state index in [0.717, 1.165) is 26.1 Å². The summed E-state index contributed by atoms with van der Waals surface area (Å²) < 4.78 is 0. The summed E-state index contributed by atoms with van der Waals surface area (Å²) >= 11 is 0. The Balaban J connectivity index is 1.32. The number of carbonyl (C=O) groups is 2. The first kappa shape index (κ1) is 25.5. The van der Waals surface area contributed by atoms with Crippen molar-refractivity contribution in [2.45, 2.75) is 38.5 Å². The highest BCUT2D eigenvalue weighted by atomic mass is 16.3. The molecular weight excluding hydrogens is 448 g/mol. The van der Waals surface area contributed by atoms with Gasteiger partial charge in [0.2, 0.25) is 5.91 Å². The summed E-state index contributed by atoms with van der Waals surface area (Å²) in [5.74, 6) is 0.0805. The second-order valence-electron chi connectivity index (χ2n) is 9.53. The predicted octanol–water partition coefficient (Wildman–Crippen LogP) is 5.96. The lowest BCUT2D eigenvalue weighted by atomic mass is 9.97. The molecule has 5 heteroatoms. The van der Waals surface area contributed by atoms with Gasteiger partial charge >= 0.3 is 0 Å². The third kappa shape index (κ3) is 7.72. The van der Waals surface area contributed by atoms with Crippen molar-refractivity contribution in [2.75, 3.05) is 19.6 Å². The van der Waals surface area contributed by atoms with Crippen LogP contribution in [0.1, 0.15) is 48.0 Å². The Morgan fingerprint density at radius 1 is 0.861 bits per heavy atom. The summed E-state index contributed by atoms with van der Waals surface area (Å²) in [6.45, 7) is 3.10. The van der Waals surface area contributed by atoms with Crippen LogP contribution in [0.2, 0.25) is 0 Å². The molecule has 3 aromatic carbocycles. The molecule has 1 saturated heterocycles. The van der Waals surface area contributed by atoms with Gasteiger partial charge in [0.1, 0.15) is 5.75 Å². The number of nitrogens with zero attached hydrogens (tertiary/aromatic N) is 2. The van der Waals surface area contributed by atoms with E-state index in [9.17, 15) is 14.7 Å². The number of phenolic OH excluding ortho intramolecular Hbond substituents is 1. The first-order valence-corrected chi connectivity index (χ1v) is 12.8. The number of hydrogen-bond donors (Lipinski definition) is 1. The van der Waals surface area contributed by atoms with Gasteiger partial charge < -0.3 is 10.0 Å². The van der Waals surface area contributed by atoms with Gasteiger partial charge in [0, 0.05) is 37.1 Å². The lowest BCUT2D eigenvalue weighted by molar-refractivity contribution is -0.117. The lowest BCUT2D eigenvalue weighted by Crippen LogP contribution is -2.28. The third-order valence-electron chi connectivity index (χ3n) is 6.66. The molecule has 1 N–H and O–H groups in total. The second-order valence-corrected chi connectivity index (χ2v) is 9.53. The number of likely N-dealkylation sites (tertiary alicyclic amines) is 1. The van der Waals surface area contributed by atoms with Gasteiger partial charge in [0.05, 0.1) is 0 Å². The van der Waals surface area contributed by atoms with Crippen LogP contribution in [0.15, 0.2) is 83.9 Å². The highest BCUT2D eigenvalue weighted by Crippen LogP contribution is 2.21. The van der Waals surface area contributed by atoms with Crippen molar-refractivity contribution in [1.82, 2.24) is 4.90 Å². The molecule has 0 aliphatic carbocycles. The molecule has 36 heavy (non-hydrogen) atoms. The van der Waals surface area contributed by atoms with Gasteiger partial charge in [-0.3, -0.25) is 9.59 Å².